The molecule has 0 fully saturated rings. The molecule has 0 aliphatic rings. The first-order valence-electron chi connectivity index (χ1n) is 8.43. The number of carbonyl (C=O) groups excluding carboxylic acids is 1. The van der Waals surface area contributed by atoms with Crippen molar-refractivity contribution in [3.8, 4) is 11.5 Å². The van der Waals surface area contributed by atoms with Crippen LogP contribution in [0.15, 0.2) is 65.1 Å². The minimum atomic E-state index is -0.699. The van der Waals surface area contributed by atoms with Crippen LogP contribution in [0.2, 0.25) is 0 Å². The van der Waals surface area contributed by atoms with Crippen molar-refractivity contribution in [2.75, 3.05) is 7.11 Å². The Morgan fingerprint density at radius 1 is 1.07 bits per heavy atom. The fourth-order valence-electron chi connectivity index (χ4n) is 2.49. The van der Waals surface area contributed by atoms with Gasteiger partial charge in [0.1, 0.15) is 11.5 Å². The molecule has 0 aliphatic carbocycles. The lowest BCUT2D eigenvalue weighted by atomic mass is 10.2. The van der Waals surface area contributed by atoms with Crippen molar-refractivity contribution in [3.05, 3.63) is 87.7 Å². The van der Waals surface area contributed by atoms with E-state index in [-0.39, 0.29) is 12.3 Å². The number of rotatable bonds is 8. The van der Waals surface area contributed by atoms with Gasteiger partial charge in [0.25, 0.3) is 5.91 Å². The highest BCUT2D eigenvalue weighted by Gasteiger charge is 2.17. The molecule has 0 saturated heterocycles. The first-order valence-corrected chi connectivity index (χ1v) is 8.43. The van der Waals surface area contributed by atoms with Gasteiger partial charge >= 0.3 is 5.88 Å². The van der Waals surface area contributed by atoms with Crippen LogP contribution in [0, 0.1) is 10.1 Å². The first kappa shape index (κ1) is 19.0. The topological polar surface area (TPSA) is 104 Å². The highest BCUT2D eigenvalue weighted by atomic mass is 16.6. The third kappa shape index (κ3) is 4.67. The zero-order valence-corrected chi connectivity index (χ0v) is 15.1. The number of nitrogens with one attached hydrogen (secondary N) is 1. The van der Waals surface area contributed by atoms with E-state index in [2.05, 4.69) is 5.32 Å². The van der Waals surface area contributed by atoms with Crippen LogP contribution in [0.4, 0.5) is 5.88 Å². The van der Waals surface area contributed by atoms with Crippen LogP contribution < -0.4 is 14.8 Å². The molecule has 1 heterocycles. The van der Waals surface area contributed by atoms with E-state index in [1.54, 1.807) is 18.2 Å². The molecule has 2 aromatic carbocycles. The van der Waals surface area contributed by atoms with E-state index in [1.807, 2.05) is 30.3 Å². The van der Waals surface area contributed by atoms with E-state index in [9.17, 15) is 14.9 Å². The molecule has 3 rings (SSSR count). The van der Waals surface area contributed by atoms with Crippen molar-refractivity contribution >= 4 is 11.8 Å². The number of nitrogens with zero attached hydrogens (tertiary/aromatic N) is 1. The third-order valence-electron chi connectivity index (χ3n) is 3.91. The molecule has 0 spiro atoms. The van der Waals surface area contributed by atoms with Crippen molar-refractivity contribution in [2.45, 2.75) is 13.2 Å². The number of carbonyl (C=O) groups is 1. The summed E-state index contributed by atoms with van der Waals surface area (Å²) in [6, 6.07) is 17.5. The average molecular weight is 382 g/mol. The number of hydrogen-bond acceptors (Lipinski definition) is 6. The van der Waals surface area contributed by atoms with Gasteiger partial charge in [-0.25, -0.2) is 0 Å². The van der Waals surface area contributed by atoms with Crippen molar-refractivity contribution in [3.63, 3.8) is 0 Å². The van der Waals surface area contributed by atoms with Crippen LogP contribution >= 0.6 is 0 Å². The highest BCUT2D eigenvalue weighted by molar-refractivity contribution is 5.91. The second-order valence-corrected chi connectivity index (χ2v) is 5.84. The molecule has 1 N–H and O–H groups in total. The zero-order valence-electron chi connectivity index (χ0n) is 15.1. The lowest BCUT2D eigenvalue weighted by molar-refractivity contribution is -0.402. The van der Waals surface area contributed by atoms with Crippen LogP contribution in [0.3, 0.4) is 0 Å². The molecule has 28 heavy (non-hydrogen) atoms. The molecule has 0 atom stereocenters. The van der Waals surface area contributed by atoms with E-state index in [4.69, 9.17) is 13.9 Å². The first-order chi connectivity index (χ1) is 13.6. The molecule has 0 radical (unpaired) electrons. The second-order valence-electron chi connectivity index (χ2n) is 5.84. The minimum absolute atomic E-state index is 0.124. The second kappa shape index (κ2) is 8.72. The monoisotopic (exact) mass is 382 g/mol. The summed E-state index contributed by atoms with van der Waals surface area (Å²) >= 11 is 0. The molecule has 1 amide bonds. The number of amides is 1. The Morgan fingerprint density at radius 2 is 1.86 bits per heavy atom. The molecular weight excluding hydrogens is 364 g/mol. The van der Waals surface area contributed by atoms with E-state index in [0.717, 1.165) is 17.2 Å². The number of benzene rings is 2. The van der Waals surface area contributed by atoms with Gasteiger partial charge in [0.15, 0.2) is 17.3 Å². The number of furan rings is 1. The summed E-state index contributed by atoms with van der Waals surface area (Å²) in [6.45, 7) is 0.604. The third-order valence-corrected chi connectivity index (χ3v) is 3.91. The smallest absolute Gasteiger partial charge is 0.433 e. The van der Waals surface area contributed by atoms with Gasteiger partial charge in [0, 0.05) is 6.54 Å². The Kier molecular flexibility index (Phi) is 5.91. The van der Waals surface area contributed by atoms with Gasteiger partial charge in [-0.3, -0.25) is 14.9 Å². The fraction of sp³-hybridized carbons (Fsp3) is 0.150. The fourth-order valence-corrected chi connectivity index (χ4v) is 2.49. The van der Waals surface area contributed by atoms with E-state index < -0.39 is 16.7 Å². The van der Waals surface area contributed by atoms with Gasteiger partial charge in [-0.15, -0.1) is 0 Å². The minimum Gasteiger partial charge on any atom is -0.493 e. The summed E-state index contributed by atoms with van der Waals surface area (Å²) in [5.74, 6) is -0.0240. The van der Waals surface area contributed by atoms with Gasteiger partial charge < -0.3 is 19.2 Å². The molecular formula is C20H18N2O6. The maximum atomic E-state index is 12.1. The quantitative estimate of drug-likeness (QED) is 0.470. The SMILES string of the molecule is COc1cc(CNC(=O)c2ccc([N+](=O)[O-])o2)ccc1OCc1ccccc1. The van der Waals surface area contributed by atoms with Gasteiger partial charge in [-0.05, 0) is 29.3 Å². The molecule has 1 aromatic heterocycles. The maximum absolute atomic E-state index is 12.1. The largest absolute Gasteiger partial charge is 0.493 e. The summed E-state index contributed by atoms with van der Waals surface area (Å²) in [7, 11) is 1.54. The number of ether oxygens (including phenoxy) is 2. The van der Waals surface area contributed by atoms with Crippen LogP contribution in [-0.2, 0) is 13.2 Å². The summed E-state index contributed by atoms with van der Waals surface area (Å²) in [5, 5.41) is 13.3. The zero-order chi connectivity index (χ0) is 19.9. The van der Waals surface area contributed by atoms with Gasteiger partial charge in [0.2, 0.25) is 0 Å². The van der Waals surface area contributed by atoms with E-state index in [0.29, 0.717) is 18.1 Å². The molecule has 144 valence electrons. The summed E-state index contributed by atoms with van der Waals surface area (Å²) < 4.78 is 16.0. The Hall–Kier alpha value is -3.81. The molecule has 0 unspecified atom stereocenters. The van der Waals surface area contributed by atoms with E-state index >= 15 is 0 Å². The molecule has 8 nitrogen and oxygen atoms in total. The summed E-state index contributed by atoms with van der Waals surface area (Å²) in [5.41, 5.74) is 1.81. The predicted molar refractivity (Wildman–Crippen MR) is 100 cm³/mol. The molecule has 3 aromatic rings. The van der Waals surface area contributed by atoms with Gasteiger partial charge in [-0.2, -0.15) is 0 Å². The molecule has 0 saturated carbocycles. The number of nitro groups is 1. The van der Waals surface area contributed by atoms with Crippen LogP contribution in [-0.4, -0.2) is 17.9 Å². The average Bonchev–Trinajstić information content (AvgIpc) is 3.22. The van der Waals surface area contributed by atoms with Crippen molar-refractivity contribution in [1.82, 2.24) is 5.32 Å². The summed E-state index contributed by atoms with van der Waals surface area (Å²) in [6.07, 6.45) is 0. The Morgan fingerprint density at radius 3 is 2.54 bits per heavy atom. The van der Waals surface area contributed by atoms with Crippen LogP contribution in [0.5, 0.6) is 11.5 Å². The van der Waals surface area contributed by atoms with Gasteiger partial charge in [-0.1, -0.05) is 36.4 Å². The Labute approximate surface area is 160 Å². The van der Waals surface area contributed by atoms with Crippen LogP contribution in [0.1, 0.15) is 21.7 Å². The van der Waals surface area contributed by atoms with Crippen molar-refractivity contribution < 1.29 is 23.6 Å². The Balaban J connectivity index is 1.61. The standard InChI is InChI=1S/C20H18N2O6/c1-26-18-11-15(7-8-16(18)27-13-14-5-3-2-4-6-14)12-21-20(23)17-9-10-19(28-17)22(24)25/h2-11H,12-13H2,1H3,(H,21,23). The predicted octanol–water partition coefficient (Wildman–Crippen LogP) is 3.71. The molecule has 0 bridgehead atoms. The normalized spacial score (nSPS) is 10.3. The molecule has 0 aliphatic heterocycles. The maximum Gasteiger partial charge on any atom is 0.433 e. The highest BCUT2D eigenvalue weighted by Crippen LogP contribution is 2.29. The van der Waals surface area contributed by atoms with Crippen molar-refractivity contribution in [1.29, 1.82) is 0 Å². The lowest BCUT2D eigenvalue weighted by Crippen LogP contribution is -2.22. The Bertz CT molecular complexity index is 968. The molecule has 8 heteroatoms. The number of hydrogen-bond donors (Lipinski definition) is 1. The number of methoxy groups -OCH3 is 1. The van der Waals surface area contributed by atoms with E-state index in [1.165, 1.54) is 13.2 Å². The van der Waals surface area contributed by atoms with Crippen molar-refractivity contribution in [2.24, 2.45) is 0 Å². The lowest BCUT2D eigenvalue weighted by Gasteiger charge is -2.12. The summed E-state index contributed by atoms with van der Waals surface area (Å²) in [4.78, 5) is 22.0. The van der Waals surface area contributed by atoms with Crippen LogP contribution in [0.25, 0.3) is 0 Å². The van der Waals surface area contributed by atoms with Gasteiger partial charge in [0.05, 0.1) is 13.2 Å².